The zero-order chi connectivity index (χ0) is 28.0. The molecule has 3 aromatic rings. The summed E-state index contributed by atoms with van der Waals surface area (Å²) in [7, 11) is -4.19. The van der Waals surface area contributed by atoms with Crippen molar-refractivity contribution in [1.29, 1.82) is 0 Å². The second-order valence-corrected chi connectivity index (χ2v) is 12.0. The number of hydrogen-bond donors (Lipinski definition) is 1. The van der Waals surface area contributed by atoms with Crippen molar-refractivity contribution in [3.05, 3.63) is 94.0 Å². The van der Waals surface area contributed by atoms with Crippen LogP contribution in [0.5, 0.6) is 0 Å². The van der Waals surface area contributed by atoms with Gasteiger partial charge in [-0.3, -0.25) is 13.9 Å². The van der Waals surface area contributed by atoms with Gasteiger partial charge in [0.25, 0.3) is 10.0 Å². The van der Waals surface area contributed by atoms with Crippen molar-refractivity contribution in [1.82, 2.24) is 10.2 Å². The van der Waals surface area contributed by atoms with Crippen molar-refractivity contribution < 1.29 is 18.0 Å². The number of rotatable bonds is 10. The van der Waals surface area contributed by atoms with Crippen molar-refractivity contribution >= 4 is 50.7 Å². The van der Waals surface area contributed by atoms with Gasteiger partial charge in [-0.2, -0.15) is 0 Å². The van der Waals surface area contributed by atoms with Crippen LogP contribution >= 0.6 is 23.2 Å². The van der Waals surface area contributed by atoms with Crippen LogP contribution in [0.3, 0.4) is 0 Å². The van der Waals surface area contributed by atoms with Crippen LogP contribution in [0.4, 0.5) is 5.69 Å². The molecule has 0 aliphatic carbocycles. The van der Waals surface area contributed by atoms with Crippen molar-refractivity contribution in [3.63, 3.8) is 0 Å². The zero-order valence-corrected chi connectivity index (χ0v) is 24.0. The molecular formula is C28H31Cl2N3O4S. The van der Waals surface area contributed by atoms with Crippen LogP contribution in [0.15, 0.2) is 77.7 Å². The van der Waals surface area contributed by atoms with Gasteiger partial charge in [-0.1, -0.05) is 71.2 Å². The first kappa shape index (κ1) is 29.5. The number of carbonyl (C=O) groups is 2. The molecule has 0 bridgehead atoms. The van der Waals surface area contributed by atoms with Crippen LogP contribution in [-0.4, -0.2) is 43.8 Å². The molecule has 0 radical (unpaired) electrons. The van der Waals surface area contributed by atoms with E-state index in [2.05, 4.69) is 5.32 Å². The molecule has 0 fully saturated rings. The highest BCUT2D eigenvalue weighted by atomic mass is 35.5. The van der Waals surface area contributed by atoms with Crippen molar-refractivity contribution in [3.8, 4) is 0 Å². The number of nitrogens with zero attached hydrogens (tertiary/aromatic N) is 2. The van der Waals surface area contributed by atoms with Gasteiger partial charge in [0, 0.05) is 22.6 Å². The van der Waals surface area contributed by atoms with Gasteiger partial charge in [0.2, 0.25) is 11.8 Å². The van der Waals surface area contributed by atoms with Crippen LogP contribution in [-0.2, 0) is 26.2 Å². The van der Waals surface area contributed by atoms with E-state index in [9.17, 15) is 18.0 Å². The Morgan fingerprint density at radius 2 is 1.47 bits per heavy atom. The lowest BCUT2D eigenvalue weighted by atomic mass is 10.1. The van der Waals surface area contributed by atoms with E-state index in [0.717, 1.165) is 15.4 Å². The average molecular weight is 577 g/mol. The normalized spacial score (nSPS) is 12.2. The zero-order valence-electron chi connectivity index (χ0n) is 21.7. The van der Waals surface area contributed by atoms with Gasteiger partial charge < -0.3 is 10.2 Å². The van der Waals surface area contributed by atoms with Crippen LogP contribution in [0.1, 0.15) is 31.9 Å². The van der Waals surface area contributed by atoms with E-state index in [1.165, 1.54) is 35.2 Å². The lowest BCUT2D eigenvalue weighted by molar-refractivity contribution is -0.139. The molecule has 10 heteroatoms. The number of sulfonamides is 1. The van der Waals surface area contributed by atoms with Crippen molar-refractivity contribution in [2.75, 3.05) is 10.8 Å². The quantitative estimate of drug-likeness (QED) is 0.348. The predicted molar refractivity (Wildman–Crippen MR) is 152 cm³/mol. The van der Waals surface area contributed by atoms with Crippen LogP contribution < -0.4 is 9.62 Å². The molecule has 202 valence electrons. The summed E-state index contributed by atoms with van der Waals surface area (Å²) < 4.78 is 28.5. The molecule has 1 N–H and O–H groups in total. The number of amides is 2. The number of hydrogen-bond acceptors (Lipinski definition) is 4. The summed E-state index contributed by atoms with van der Waals surface area (Å²) in [4.78, 5) is 28.2. The highest BCUT2D eigenvalue weighted by Crippen LogP contribution is 2.30. The van der Waals surface area contributed by atoms with E-state index in [4.69, 9.17) is 23.2 Å². The maximum Gasteiger partial charge on any atom is 0.264 e. The summed E-state index contributed by atoms with van der Waals surface area (Å²) in [5, 5.41) is 3.26. The second-order valence-electron chi connectivity index (χ2n) is 9.30. The minimum absolute atomic E-state index is 0.000387. The topological polar surface area (TPSA) is 86.8 Å². The molecule has 0 heterocycles. The number of carbonyl (C=O) groups excluding carboxylic acids is 2. The van der Waals surface area contributed by atoms with E-state index in [0.29, 0.717) is 0 Å². The Hall–Kier alpha value is -3.07. The summed E-state index contributed by atoms with van der Waals surface area (Å²) in [6.07, 6.45) is 0. The Labute approximate surface area is 234 Å². The monoisotopic (exact) mass is 575 g/mol. The number of benzene rings is 3. The van der Waals surface area contributed by atoms with Gasteiger partial charge in [-0.25, -0.2) is 8.42 Å². The molecule has 38 heavy (non-hydrogen) atoms. The summed E-state index contributed by atoms with van der Waals surface area (Å²) in [5.41, 5.74) is 1.99. The van der Waals surface area contributed by atoms with Gasteiger partial charge >= 0.3 is 0 Å². The molecule has 0 aliphatic rings. The molecule has 0 aliphatic heterocycles. The van der Waals surface area contributed by atoms with E-state index in [-0.39, 0.29) is 39.1 Å². The third-order valence-corrected chi connectivity index (χ3v) is 8.04. The average Bonchev–Trinajstić information content (AvgIpc) is 2.85. The second kappa shape index (κ2) is 12.7. The SMILES string of the molecule is Cc1ccc(CN(C(=O)CN(c2cc(Cl)cc(Cl)c2)S(=O)(=O)c2ccccc2)C(C)C(=O)NC(C)C)cc1. The van der Waals surface area contributed by atoms with Gasteiger partial charge in [0.1, 0.15) is 12.6 Å². The molecule has 1 unspecified atom stereocenters. The Morgan fingerprint density at radius 1 is 0.895 bits per heavy atom. The van der Waals surface area contributed by atoms with Crippen molar-refractivity contribution in [2.24, 2.45) is 0 Å². The maximum absolute atomic E-state index is 13.9. The number of aryl methyl sites for hydroxylation is 1. The molecular weight excluding hydrogens is 545 g/mol. The lowest BCUT2D eigenvalue weighted by Gasteiger charge is -2.32. The molecule has 3 aromatic carbocycles. The standard InChI is InChI=1S/C28H31Cl2N3O4S/c1-19(2)31-28(35)21(4)32(17-22-12-10-20(3)11-13-22)27(34)18-33(25-15-23(29)14-24(30)16-25)38(36,37)26-8-6-5-7-9-26/h5-16,19,21H,17-18H2,1-4H3,(H,31,35). The fourth-order valence-electron chi connectivity index (χ4n) is 3.81. The summed E-state index contributed by atoms with van der Waals surface area (Å²) in [6.45, 7) is 6.77. The van der Waals surface area contributed by atoms with E-state index >= 15 is 0 Å². The number of halogens is 2. The summed E-state index contributed by atoms with van der Waals surface area (Å²) in [5.74, 6) is -0.906. The first-order chi connectivity index (χ1) is 17.9. The Kier molecular flexibility index (Phi) is 9.82. The Bertz CT molecular complexity index is 1360. The molecule has 3 rings (SSSR count). The molecule has 1 atom stereocenters. The Morgan fingerprint density at radius 3 is 2.03 bits per heavy atom. The fourth-order valence-corrected chi connectivity index (χ4v) is 5.74. The first-order valence-corrected chi connectivity index (χ1v) is 14.3. The minimum atomic E-state index is -4.19. The van der Waals surface area contributed by atoms with Gasteiger partial charge in [-0.15, -0.1) is 0 Å². The first-order valence-electron chi connectivity index (χ1n) is 12.1. The maximum atomic E-state index is 13.9. The van der Waals surface area contributed by atoms with E-state index < -0.39 is 28.5 Å². The predicted octanol–water partition coefficient (Wildman–Crippen LogP) is 5.44. The van der Waals surface area contributed by atoms with Crippen LogP contribution in [0, 0.1) is 6.92 Å². The largest absolute Gasteiger partial charge is 0.352 e. The molecule has 7 nitrogen and oxygen atoms in total. The molecule has 0 saturated heterocycles. The summed E-state index contributed by atoms with van der Waals surface area (Å²) in [6, 6.07) is 18.7. The van der Waals surface area contributed by atoms with Crippen LogP contribution in [0.25, 0.3) is 0 Å². The fraction of sp³-hybridized carbons (Fsp3) is 0.286. The van der Waals surface area contributed by atoms with Gasteiger partial charge in [-0.05, 0) is 63.6 Å². The third-order valence-electron chi connectivity index (χ3n) is 5.82. The molecule has 0 saturated carbocycles. The smallest absolute Gasteiger partial charge is 0.264 e. The lowest BCUT2D eigenvalue weighted by Crippen LogP contribution is -2.52. The summed E-state index contributed by atoms with van der Waals surface area (Å²) >= 11 is 12.4. The molecule has 2 amide bonds. The van der Waals surface area contributed by atoms with Crippen molar-refractivity contribution in [2.45, 2.75) is 51.2 Å². The van der Waals surface area contributed by atoms with Gasteiger partial charge in [0.15, 0.2) is 0 Å². The third kappa shape index (κ3) is 7.49. The highest BCUT2D eigenvalue weighted by Gasteiger charge is 2.33. The number of nitrogens with one attached hydrogen (secondary N) is 1. The van der Waals surface area contributed by atoms with Crippen LogP contribution in [0.2, 0.25) is 10.0 Å². The van der Waals surface area contributed by atoms with Gasteiger partial charge in [0.05, 0.1) is 10.6 Å². The van der Waals surface area contributed by atoms with E-state index in [1.807, 2.05) is 45.0 Å². The molecule has 0 spiro atoms. The molecule has 0 aromatic heterocycles. The van der Waals surface area contributed by atoms with E-state index in [1.54, 1.807) is 25.1 Å². The number of anilines is 1. The minimum Gasteiger partial charge on any atom is -0.352 e. The highest BCUT2D eigenvalue weighted by molar-refractivity contribution is 7.92. The Balaban J connectivity index is 2.05.